The second-order valence-corrected chi connectivity index (χ2v) is 14.7. The molecule has 170 valence electrons. The van der Waals surface area contributed by atoms with Crippen LogP contribution in [0.4, 0.5) is 0 Å². The molecule has 0 saturated carbocycles. The minimum Gasteiger partial charge on any atom is -0.242 e. The van der Waals surface area contributed by atoms with Crippen LogP contribution in [0.15, 0.2) is 84.9 Å². The van der Waals surface area contributed by atoms with E-state index in [0.29, 0.717) is 0 Å². The first kappa shape index (κ1) is 24.8. The third kappa shape index (κ3) is 5.57. The summed E-state index contributed by atoms with van der Waals surface area (Å²) in [6.07, 6.45) is 0. The van der Waals surface area contributed by atoms with E-state index in [9.17, 15) is 4.21 Å². The van der Waals surface area contributed by atoms with Gasteiger partial charge < -0.3 is 0 Å². The lowest BCUT2D eigenvalue weighted by molar-refractivity contribution is 0.207. The van der Waals surface area contributed by atoms with Crippen LogP contribution in [-0.2, 0) is 11.0 Å². The van der Waals surface area contributed by atoms with Gasteiger partial charge in [0.15, 0.2) is 0 Å². The molecule has 3 rings (SSSR count). The summed E-state index contributed by atoms with van der Waals surface area (Å²) in [4.78, 5) is 0. The standard InChI is InChI=1S/C28H36NOPS/c1-27(2,3)26(29(7)32(30)28(4,5)6)24-20-14-15-21-25(24)31(22-16-10-8-11-17-22)23-18-12-9-13-19-23/h8-21,26H,1-7H3/t26-,32?/m0/s1. The largest absolute Gasteiger partial charge is 0.242 e. The summed E-state index contributed by atoms with van der Waals surface area (Å²) >= 11 is 0. The van der Waals surface area contributed by atoms with Gasteiger partial charge in [-0.3, -0.25) is 0 Å². The Morgan fingerprint density at radius 3 is 1.59 bits per heavy atom. The van der Waals surface area contributed by atoms with E-state index < -0.39 is 18.9 Å². The van der Waals surface area contributed by atoms with Gasteiger partial charge in [-0.2, -0.15) is 0 Å². The van der Waals surface area contributed by atoms with Crippen molar-refractivity contribution < 1.29 is 4.21 Å². The molecule has 0 radical (unpaired) electrons. The Morgan fingerprint density at radius 1 is 0.719 bits per heavy atom. The van der Waals surface area contributed by atoms with Crippen LogP contribution in [0.2, 0.25) is 0 Å². The first-order chi connectivity index (χ1) is 15.0. The molecule has 0 bridgehead atoms. The van der Waals surface area contributed by atoms with Crippen molar-refractivity contribution in [1.29, 1.82) is 0 Å². The molecule has 0 saturated heterocycles. The van der Waals surface area contributed by atoms with Crippen LogP contribution < -0.4 is 15.9 Å². The van der Waals surface area contributed by atoms with Crippen LogP contribution in [0.5, 0.6) is 0 Å². The molecule has 0 spiro atoms. The van der Waals surface area contributed by atoms with Gasteiger partial charge in [-0.05, 0) is 55.6 Å². The van der Waals surface area contributed by atoms with Crippen molar-refractivity contribution in [1.82, 2.24) is 4.31 Å². The van der Waals surface area contributed by atoms with Crippen LogP contribution in [0.25, 0.3) is 0 Å². The van der Waals surface area contributed by atoms with E-state index >= 15 is 0 Å². The molecule has 32 heavy (non-hydrogen) atoms. The molecule has 0 aliphatic heterocycles. The molecule has 0 amide bonds. The zero-order chi connectivity index (χ0) is 23.5. The summed E-state index contributed by atoms with van der Waals surface area (Å²) in [6, 6.07) is 30.4. The van der Waals surface area contributed by atoms with Crippen LogP contribution in [-0.4, -0.2) is 20.3 Å². The summed E-state index contributed by atoms with van der Waals surface area (Å²) in [6.45, 7) is 12.9. The third-order valence-electron chi connectivity index (χ3n) is 5.47. The van der Waals surface area contributed by atoms with Crippen molar-refractivity contribution >= 4 is 34.8 Å². The maximum Gasteiger partial charge on any atom is 0.100 e. The lowest BCUT2D eigenvalue weighted by Gasteiger charge is -2.41. The lowest BCUT2D eigenvalue weighted by atomic mass is 9.82. The second-order valence-electron chi connectivity index (χ2n) is 10.2. The molecule has 0 fully saturated rings. The molecule has 0 aromatic heterocycles. The lowest BCUT2D eigenvalue weighted by Crippen LogP contribution is -2.43. The maximum absolute atomic E-state index is 13.5. The summed E-state index contributed by atoms with van der Waals surface area (Å²) < 4.78 is 15.3. The normalized spacial score (nSPS) is 14.5. The van der Waals surface area contributed by atoms with E-state index in [1.165, 1.54) is 21.5 Å². The van der Waals surface area contributed by atoms with Crippen molar-refractivity contribution in [2.24, 2.45) is 5.41 Å². The van der Waals surface area contributed by atoms with Crippen LogP contribution in [0, 0.1) is 5.41 Å². The van der Waals surface area contributed by atoms with Gasteiger partial charge in [-0.25, -0.2) is 8.51 Å². The van der Waals surface area contributed by atoms with Gasteiger partial charge in [-0.1, -0.05) is 106 Å². The highest BCUT2D eigenvalue weighted by Crippen LogP contribution is 2.43. The van der Waals surface area contributed by atoms with E-state index in [1.807, 2.05) is 27.8 Å². The van der Waals surface area contributed by atoms with Gasteiger partial charge in [0, 0.05) is 7.05 Å². The Labute approximate surface area is 198 Å². The highest BCUT2D eigenvalue weighted by Gasteiger charge is 2.38. The molecule has 3 aromatic carbocycles. The quantitative estimate of drug-likeness (QED) is 0.414. The fraction of sp³-hybridized carbons (Fsp3) is 0.357. The summed E-state index contributed by atoms with van der Waals surface area (Å²) in [5.74, 6) is 0. The van der Waals surface area contributed by atoms with Gasteiger partial charge in [0.05, 0.1) is 10.8 Å². The van der Waals surface area contributed by atoms with Gasteiger partial charge in [0.25, 0.3) is 0 Å². The van der Waals surface area contributed by atoms with E-state index in [1.54, 1.807) is 0 Å². The van der Waals surface area contributed by atoms with Crippen molar-refractivity contribution in [3.63, 3.8) is 0 Å². The average molecular weight is 466 g/mol. The fourth-order valence-electron chi connectivity index (χ4n) is 4.24. The summed E-state index contributed by atoms with van der Waals surface area (Å²) in [7, 11) is 0.142. The minimum absolute atomic E-state index is 0.0104. The van der Waals surface area contributed by atoms with E-state index in [0.717, 1.165) is 0 Å². The van der Waals surface area contributed by atoms with Crippen molar-refractivity contribution in [3.8, 4) is 0 Å². The van der Waals surface area contributed by atoms with Crippen molar-refractivity contribution in [3.05, 3.63) is 90.5 Å². The third-order valence-corrected chi connectivity index (χ3v) is 9.77. The molecular formula is C28H36NOPS. The van der Waals surface area contributed by atoms with E-state index in [-0.39, 0.29) is 16.2 Å². The van der Waals surface area contributed by atoms with Crippen LogP contribution in [0.1, 0.15) is 53.1 Å². The highest BCUT2D eigenvalue weighted by atomic mass is 32.2. The average Bonchev–Trinajstić information content (AvgIpc) is 2.74. The SMILES string of the molecule is CN([C@@H](c1ccccc1P(c1ccccc1)c1ccccc1)C(C)(C)C)S(=O)C(C)(C)C. The number of rotatable bonds is 6. The van der Waals surface area contributed by atoms with E-state index in [4.69, 9.17) is 0 Å². The number of nitrogens with zero attached hydrogens (tertiary/aromatic N) is 1. The summed E-state index contributed by atoms with van der Waals surface area (Å²) in [5.41, 5.74) is 1.17. The fourth-order valence-corrected chi connectivity index (χ4v) is 8.21. The van der Waals surface area contributed by atoms with Gasteiger partial charge in [0.2, 0.25) is 0 Å². The number of hydrogen-bond donors (Lipinski definition) is 0. The number of hydrogen-bond acceptors (Lipinski definition) is 1. The predicted octanol–water partition coefficient (Wildman–Crippen LogP) is 5.93. The zero-order valence-corrected chi connectivity index (χ0v) is 22.1. The minimum atomic E-state index is -1.13. The molecule has 4 heteroatoms. The molecule has 0 heterocycles. The first-order valence-electron chi connectivity index (χ1n) is 11.2. The van der Waals surface area contributed by atoms with Crippen LogP contribution in [0.3, 0.4) is 0 Å². The molecule has 1 unspecified atom stereocenters. The molecule has 0 aliphatic rings. The molecule has 0 N–H and O–H groups in total. The van der Waals surface area contributed by atoms with Crippen molar-refractivity contribution in [2.45, 2.75) is 52.3 Å². The Hall–Kier alpha value is -1.80. The smallest absolute Gasteiger partial charge is 0.100 e. The van der Waals surface area contributed by atoms with Gasteiger partial charge in [-0.15, -0.1) is 0 Å². The first-order valence-corrected chi connectivity index (χ1v) is 13.6. The number of benzene rings is 3. The summed E-state index contributed by atoms with van der Waals surface area (Å²) in [5, 5.41) is 3.99. The van der Waals surface area contributed by atoms with Gasteiger partial charge in [0.1, 0.15) is 11.0 Å². The zero-order valence-electron chi connectivity index (χ0n) is 20.4. The topological polar surface area (TPSA) is 20.3 Å². The molecular weight excluding hydrogens is 429 g/mol. The Balaban J connectivity index is 2.23. The Kier molecular flexibility index (Phi) is 7.76. The highest BCUT2D eigenvalue weighted by molar-refractivity contribution is 7.84. The monoisotopic (exact) mass is 465 g/mol. The second kappa shape index (κ2) is 10.00. The Morgan fingerprint density at radius 2 is 1.16 bits per heavy atom. The van der Waals surface area contributed by atoms with E-state index in [2.05, 4.69) is 110 Å². The van der Waals surface area contributed by atoms with Crippen molar-refractivity contribution in [2.75, 3.05) is 7.05 Å². The van der Waals surface area contributed by atoms with Crippen LogP contribution >= 0.6 is 7.92 Å². The molecule has 2 atom stereocenters. The van der Waals surface area contributed by atoms with Gasteiger partial charge >= 0.3 is 0 Å². The molecule has 2 nitrogen and oxygen atoms in total. The maximum atomic E-state index is 13.5. The molecule has 0 aliphatic carbocycles. The molecule has 3 aromatic rings. The predicted molar refractivity (Wildman–Crippen MR) is 143 cm³/mol. The Bertz CT molecular complexity index is 999.